The van der Waals surface area contributed by atoms with Gasteiger partial charge in [-0.3, -0.25) is 0 Å². The summed E-state index contributed by atoms with van der Waals surface area (Å²) in [5.74, 6) is -3.49. The minimum absolute atomic E-state index is 0.122. The Balaban J connectivity index is 1.79. The largest absolute Gasteiger partial charge is 0.358 e. The number of nitrogens with zero attached hydrogens (tertiary/aromatic N) is 4. The second-order valence-electron chi connectivity index (χ2n) is 6.17. The standard InChI is InChI=1S/C18H13F3N4/c19-14-6-12(10-22)5-13(7-14)17-9-18(20,21)11-24(17)15-2-4-25-16(8-15)1-3-23-25/h1-8,17H,9,11H2/t17-/m1/s1. The van der Waals surface area contributed by atoms with Gasteiger partial charge in [-0.25, -0.2) is 17.7 Å². The number of aromatic nitrogens is 2. The van der Waals surface area contributed by atoms with Crippen LogP contribution < -0.4 is 4.90 Å². The van der Waals surface area contributed by atoms with Crippen LogP contribution in [0, 0.1) is 17.1 Å². The van der Waals surface area contributed by atoms with Crippen molar-refractivity contribution in [3.05, 3.63) is 65.7 Å². The summed E-state index contributed by atoms with van der Waals surface area (Å²) in [6.07, 6.45) is 2.90. The van der Waals surface area contributed by atoms with Crippen LogP contribution in [-0.4, -0.2) is 22.1 Å². The van der Waals surface area contributed by atoms with Crippen molar-refractivity contribution >= 4 is 11.2 Å². The summed E-state index contributed by atoms with van der Waals surface area (Å²) in [4.78, 5) is 1.56. The molecule has 0 N–H and O–H groups in total. The lowest BCUT2D eigenvalue weighted by molar-refractivity contribution is 0.0223. The van der Waals surface area contributed by atoms with Crippen molar-refractivity contribution in [2.24, 2.45) is 0 Å². The first kappa shape index (κ1) is 15.5. The highest BCUT2D eigenvalue weighted by atomic mass is 19.3. The molecule has 0 spiro atoms. The minimum Gasteiger partial charge on any atom is -0.358 e. The molecule has 7 heteroatoms. The summed E-state index contributed by atoms with van der Waals surface area (Å²) in [5, 5.41) is 13.1. The molecule has 0 aliphatic carbocycles. The molecule has 3 aromatic rings. The van der Waals surface area contributed by atoms with E-state index in [0.717, 1.165) is 11.6 Å². The molecule has 1 aliphatic rings. The molecule has 1 saturated heterocycles. The molecule has 1 aliphatic heterocycles. The van der Waals surface area contributed by atoms with E-state index in [1.165, 1.54) is 12.1 Å². The van der Waals surface area contributed by atoms with E-state index < -0.39 is 30.7 Å². The van der Waals surface area contributed by atoms with Crippen molar-refractivity contribution in [3.63, 3.8) is 0 Å². The third-order valence-corrected chi connectivity index (χ3v) is 4.42. The lowest BCUT2D eigenvalue weighted by Gasteiger charge is -2.26. The van der Waals surface area contributed by atoms with Crippen LogP contribution in [0.2, 0.25) is 0 Å². The number of pyridine rings is 1. The number of benzene rings is 1. The van der Waals surface area contributed by atoms with E-state index in [-0.39, 0.29) is 5.56 Å². The molecule has 2 aromatic heterocycles. The Kier molecular flexibility index (Phi) is 3.42. The minimum atomic E-state index is -2.89. The molecule has 0 unspecified atom stereocenters. The van der Waals surface area contributed by atoms with Crippen molar-refractivity contribution in [2.45, 2.75) is 18.4 Å². The van der Waals surface area contributed by atoms with Crippen LogP contribution in [0.5, 0.6) is 0 Å². The van der Waals surface area contributed by atoms with Crippen molar-refractivity contribution in [3.8, 4) is 6.07 Å². The van der Waals surface area contributed by atoms with E-state index in [1.54, 1.807) is 40.0 Å². The highest BCUT2D eigenvalue weighted by Gasteiger charge is 2.45. The fourth-order valence-electron chi connectivity index (χ4n) is 3.34. The zero-order valence-corrected chi connectivity index (χ0v) is 13.0. The Bertz CT molecular complexity index is 989. The molecule has 1 atom stereocenters. The highest BCUT2D eigenvalue weighted by Crippen LogP contribution is 2.44. The quantitative estimate of drug-likeness (QED) is 0.709. The molecule has 3 heterocycles. The maximum atomic E-state index is 14.1. The van der Waals surface area contributed by atoms with Crippen LogP contribution in [0.1, 0.15) is 23.6 Å². The third-order valence-electron chi connectivity index (χ3n) is 4.42. The smallest absolute Gasteiger partial charge is 0.267 e. The summed E-state index contributed by atoms with van der Waals surface area (Å²) in [6, 6.07) is 10.2. The maximum absolute atomic E-state index is 14.1. The molecule has 1 aromatic carbocycles. The normalized spacial score (nSPS) is 19.3. The Labute approximate surface area is 141 Å². The van der Waals surface area contributed by atoms with E-state index in [9.17, 15) is 13.2 Å². The van der Waals surface area contributed by atoms with Gasteiger partial charge in [0.2, 0.25) is 0 Å². The molecule has 25 heavy (non-hydrogen) atoms. The number of nitriles is 1. The van der Waals surface area contributed by atoms with Crippen LogP contribution in [-0.2, 0) is 0 Å². The van der Waals surface area contributed by atoms with Gasteiger partial charge in [0.05, 0.1) is 29.7 Å². The fourth-order valence-corrected chi connectivity index (χ4v) is 3.34. The van der Waals surface area contributed by atoms with Crippen LogP contribution in [0.15, 0.2) is 48.8 Å². The van der Waals surface area contributed by atoms with Gasteiger partial charge in [0, 0.05) is 24.5 Å². The van der Waals surface area contributed by atoms with Gasteiger partial charge in [-0.1, -0.05) is 0 Å². The average Bonchev–Trinajstić information content (AvgIpc) is 3.17. The van der Waals surface area contributed by atoms with Crippen molar-refractivity contribution in [1.29, 1.82) is 5.26 Å². The molecule has 1 fully saturated rings. The summed E-state index contributed by atoms with van der Waals surface area (Å²) < 4.78 is 43.7. The first-order chi connectivity index (χ1) is 11.9. The molecule has 126 valence electrons. The van der Waals surface area contributed by atoms with E-state index in [1.807, 2.05) is 6.07 Å². The lowest BCUT2D eigenvalue weighted by atomic mass is 10.0. The van der Waals surface area contributed by atoms with E-state index in [2.05, 4.69) is 5.10 Å². The number of anilines is 1. The fraction of sp³-hybridized carbons (Fsp3) is 0.222. The first-order valence-corrected chi connectivity index (χ1v) is 7.74. The van der Waals surface area contributed by atoms with Crippen LogP contribution >= 0.6 is 0 Å². The number of alkyl halides is 2. The SMILES string of the molecule is N#Cc1cc(F)cc([C@H]2CC(F)(F)CN2c2ccn3nccc3c2)c1. The van der Waals surface area contributed by atoms with Crippen molar-refractivity contribution in [1.82, 2.24) is 9.61 Å². The van der Waals surface area contributed by atoms with E-state index in [0.29, 0.717) is 11.3 Å². The lowest BCUT2D eigenvalue weighted by Crippen LogP contribution is -2.26. The molecule has 0 bridgehead atoms. The van der Waals surface area contributed by atoms with Gasteiger partial charge in [-0.15, -0.1) is 0 Å². The van der Waals surface area contributed by atoms with Crippen molar-refractivity contribution < 1.29 is 13.2 Å². The topological polar surface area (TPSA) is 44.3 Å². The monoisotopic (exact) mass is 342 g/mol. The Morgan fingerprint density at radius 2 is 2.04 bits per heavy atom. The van der Waals surface area contributed by atoms with Gasteiger partial charge in [0.1, 0.15) is 5.82 Å². The third kappa shape index (κ3) is 2.80. The Hall–Kier alpha value is -3.01. The van der Waals surface area contributed by atoms with Gasteiger partial charge in [0.25, 0.3) is 5.92 Å². The maximum Gasteiger partial charge on any atom is 0.267 e. The number of hydrogen-bond acceptors (Lipinski definition) is 3. The van der Waals surface area contributed by atoms with Crippen molar-refractivity contribution in [2.75, 3.05) is 11.4 Å². The van der Waals surface area contributed by atoms with Gasteiger partial charge < -0.3 is 4.90 Å². The van der Waals surface area contributed by atoms with E-state index >= 15 is 0 Å². The molecule has 4 nitrogen and oxygen atoms in total. The molecule has 0 radical (unpaired) electrons. The summed E-state index contributed by atoms with van der Waals surface area (Å²) >= 11 is 0. The van der Waals surface area contributed by atoms with Gasteiger partial charge in [0.15, 0.2) is 0 Å². The predicted molar refractivity (Wildman–Crippen MR) is 86.0 cm³/mol. The number of halogens is 3. The Morgan fingerprint density at radius 1 is 1.20 bits per heavy atom. The van der Waals surface area contributed by atoms with Crippen LogP contribution in [0.25, 0.3) is 5.52 Å². The zero-order valence-electron chi connectivity index (χ0n) is 13.0. The number of fused-ring (bicyclic) bond motifs is 1. The summed E-state index contributed by atoms with van der Waals surface area (Å²) in [6.45, 7) is -0.458. The van der Waals surface area contributed by atoms with Gasteiger partial charge in [-0.2, -0.15) is 10.4 Å². The second kappa shape index (κ2) is 5.52. The number of rotatable bonds is 2. The highest BCUT2D eigenvalue weighted by molar-refractivity contribution is 5.61. The molecule has 0 saturated carbocycles. The van der Waals surface area contributed by atoms with Gasteiger partial charge >= 0.3 is 0 Å². The van der Waals surface area contributed by atoms with Gasteiger partial charge in [-0.05, 0) is 42.0 Å². The molecular formula is C18H13F3N4. The van der Waals surface area contributed by atoms with E-state index in [4.69, 9.17) is 5.26 Å². The summed E-state index contributed by atoms with van der Waals surface area (Å²) in [5.41, 5.74) is 1.89. The number of hydrogen-bond donors (Lipinski definition) is 0. The van der Waals surface area contributed by atoms with Crippen LogP contribution in [0.3, 0.4) is 0 Å². The first-order valence-electron chi connectivity index (χ1n) is 7.74. The Morgan fingerprint density at radius 3 is 2.84 bits per heavy atom. The van der Waals surface area contributed by atoms with Crippen LogP contribution in [0.4, 0.5) is 18.9 Å². The molecular weight excluding hydrogens is 329 g/mol. The summed E-state index contributed by atoms with van der Waals surface area (Å²) in [7, 11) is 0. The zero-order chi connectivity index (χ0) is 17.6. The molecule has 0 amide bonds. The average molecular weight is 342 g/mol. The predicted octanol–water partition coefficient (Wildman–Crippen LogP) is 3.93. The molecule has 4 rings (SSSR count). The second-order valence-corrected chi connectivity index (χ2v) is 6.17.